The zero-order valence-corrected chi connectivity index (χ0v) is 10.9. The second-order valence-corrected chi connectivity index (χ2v) is 5.88. The SMILES string of the molecule is Cc1ccc(N2CCC3(CC2)CNC3)c(C)c1. The fraction of sp³-hybridized carbons (Fsp3) is 0.600. The molecule has 2 heteroatoms. The highest BCUT2D eigenvalue weighted by atomic mass is 15.2. The molecule has 2 heterocycles. The number of benzene rings is 1. The monoisotopic (exact) mass is 230 g/mol. The maximum absolute atomic E-state index is 3.43. The summed E-state index contributed by atoms with van der Waals surface area (Å²) in [6, 6.07) is 6.82. The molecule has 92 valence electrons. The minimum absolute atomic E-state index is 0.648. The quantitative estimate of drug-likeness (QED) is 0.797. The van der Waals surface area contributed by atoms with Crippen molar-refractivity contribution in [3.8, 4) is 0 Å². The lowest BCUT2D eigenvalue weighted by molar-refractivity contribution is 0.126. The fourth-order valence-corrected chi connectivity index (χ4v) is 3.21. The Morgan fingerprint density at radius 2 is 1.82 bits per heavy atom. The summed E-state index contributed by atoms with van der Waals surface area (Å²) in [5.41, 5.74) is 4.88. The Balaban J connectivity index is 1.73. The largest absolute Gasteiger partial charge is 0.371 e. The number of aryl methyl sites for hydroxylation is 2. The molecule has 0 saturated carbocycles. The number of nitrogens with zero attached hydrogens (tertiary/aromatic N) is 1. The molecule has 2 aliphatic rings. The van der Waals surface area contributed by atoms with Gasteiger partial charge >= 0.3 is 0 Å². The van der Waals surface area contributed by atoms with E-state index in [1.165, 1.54) is 55.8 Å². The summed E-state index contributed by atoms with van der Waals surface area (Å²) in [6.07, 6.45) is 2.71. The van der Waals surface area contributed by atoms with Crippen molar-refractivity contribution in [2.75, 3.05) is 31.1 Å². The van der Waals surface area contributed by atoms with E-state index in [-0.39, 0.29) is 0 Å². The Morgan fingerprint density at radius 3 is 2.35 bits per heavy atom. The van der Waals surface area contributed by atoms with Gasteiger partial charge in [0.25, 0.3) is 0 Å². The summed E-state index contributed by atoms with van der Waals surface area (Å²) in [4.78, 5) is 2.57. The van der Waals surface area contributed by atoms with Crippen LogP contribution < -0.4 is 10.2 Å². The maximum atomic E-state index is 3.43. The van der Waals surface area contributed by atoms with Gasteiger partial charge in [-0.05, 0) is 43.7 Å². The lowest BCUT2D eigenvalue weighted by atomic mass is 9.73. The molecule has 17 heavy (non-hydrogen) atoms. The van der Waals surface area contributed by atoms with Crippen LogP contribution in [0.4, 0.5) is 5.69 Å². The predicted molar refractivity (Wildman–Crippen MR) is 72.7 cm³/mol. The minimum Gasteiger partial charge on any atom is -0.371 e. The third kappa shape index (κ3) is 1.95. The van der Waals surface area contributed by atoms with E-state index in [0.717, 1.165) is 0 Å². The second kappa shape index (κ2) is 4.02. The summed E-state index contributed by atoms with van der Waals surface area (Å²) < 4.78 is 0. The molecule has 1 spiro atoms. The fourth-order valence-electron chi connectivity index (χ4n) is 3.21. The first-order chi connectivity index (χ1) is 8.19. The summed E-state index contributed by atoms with van der Waals surface area (Å²) >= 11 is 0. The highest BCUT2D eigenvalue weighted by Crippen LogP contribution is 2.37. The van der Waals surface area contributed by atoms with Crippen LogP contribution >= 0.6 is 0 Å². The Bertz CT molecular complexity index is 411. The molecule has 0 atom stereocenters. The van der Waals surface area contributed by atoms with E-state index >= 15 is 0 Å². The smallest absolute Gasteiger partial charge is 0.0396 e. The number of piperidine rings is 1. The van der Waals surface area contributed by atoms with Crippen LogP contribution in [-0.4, -0.2) is 26.2 Å². The predicted octanol–water partition coefficient (Wildman–Crippen LogP) is 2.49. The Morgan fingerprint density at radius 1 is 1.12 bits per heavy atom. The number of rotatable bonds is 1. The van der Waals surface area contributed by atoms with Gasteiger partial charge < -0.3 is 10.2 Å². The molecule has 2 nitrogen and oxygen atoms in total. The van der Waals surface area contributed by atoms with Crippen molar-refractivity contribution in [3.63, 3.8) is 0 Å². The first kappa shape index (κ1) is 11.1. The molecule has 0 amide bonds. The maximum Gasteiger partial charge on any atom is 0.0396 e. The molecule has 0 aromatic heterocycles. The first-order valence-electron chi connectivity index (χ1n) is 6.72. The van der Waals surface area contributed by atoms with E-state index in [2.05, 4.69) is 42.3 Å². The third-order valence-corrected chi connectivity index (χ3v) is 4.52. The molecule has 1 aromatic carbocycles. The molecular weight excluding hydrogens is 208 g/mol. The lowest BCUT2D eigenvalue weighted by Crippen LogP contribution is -2.58. The first-order valence-corrected chi connectivity index (χ1v) is 6.72. The van der Waals surface area contributed by atoms with Gasteiger partial charge in [0.2, 0.25) is 0 Å². The van der Waals surface area contributed by atoms with Crippen LogP contribution in [0, 0.1) is 19.3 Å². The van der Waals surface area contributed by atoms with E-state index in [9.17, 15) is 0 Å². The second-order valence-electron chi connectivity index (χ2n) is 5.88. The van der Waals surface area contributed by atoms with Crippen LogP contribution in [0.3, 0.4) is 0 Å². The molecule has 2 saturated heterocycles. The van der Waals surface area contributed by atoms with Crippen molar-refractivity contribution < 1.29 is 0 Å². The van der Waals surface area contributed by atoms with Gasteiger partial charge in [-0.3, -0.25) is 0 Å². The highest BCUT2D eigenvalue weighted by Gasteiger charge is 2.39. The molecule has 0 bridgehead atoms. The number of hydrogen-bond acceptors (Lipinski definition) is 2. The van der Waals surface area contributed by atoms with Gasteiger partial charge in [-0.15, -0.1) is 0 Å². The molecule has 2 fully saturated rings. The molecular formula is C15H22N2. The van der Waals surface area contributed by atoms with Crippen molar-refractivity contribution in [2.45, 2.75) is 26.7 Å². The third-order valence-electron chi connectivity index (χ3n) is 4.52. The molecule has 2 aliphatic heterocycles. The average molecular weight is 230 g/mol. The van der Waals surface area contributed by atoms with Crippen LogP contribution in [0.5, 0.6) is 0 Å². The minimum atomic E-state index is 0.648. The molecule has 1 N–H and O–H groups in total. The summed E-state index contributed by atoms with van der Waals surface area (Å²) in [5, 5.41) is 3.43. The van der Waals surface area contributed by atoms with Gasteiger partial charge in [-0.25, -0.2) is 0 Å². The van der Waals surface area contributed by atoms with E-state index in [4.69, 9.17) is 0 Å². The average Bonchev–Trinajstić information content (AvgIpc) is 2.27. The standard InChI is InChI=1S/C15H22N2/c1-12-3-4-14(13(2)9-12)17-7-5-15(6-8-17)10-16-11-15/h3-4,9,16H,5-8,10-11H2,1-2H3. The highest BCUT2D eigenvalue weighted by molar-refractivity contribution is 5.54. The topological polar surface area (TPSA) is 15.3 Å². The molecule has 0 unspecified atom stereocenters. The van der Waals surface area contributed by atoms with Crippen molar-refractivity contribution in [3.05, 3.63) is 29.3 Å². The summed E-state index contributed by atoms with van der Waals surface area (Å²) in [7, 11) is 0. The van der Waals surface area contributed by atoms with Gasteiger partial charge in [-0.1, -0.05) is 17.7 Å². The van der Waals surface area contributed by atoms with Crippen LogP contribution in [0.2, 0.25) is 0 Å². The Kier molecular flexibility index (Phi) is 2.62. The van der Waals surface area contributed by atoms with E-state index in [0.29, 0.717) is 5.41 Å². The van der Waals surface area contributed by atoms with Crippen molar-refractivity contribution >= 4 is 5.69 Å². The van der Waals surface area contributed by atoms with Gasteiger partial charge in [0, 0.05) is 31.9 Å². The van der Waals surface area contributed by atoms with Crippen LogP contribution in [-0.2, 0) is 0 Å². The summed E-state index contributed by atoms with van der Waals surface area (Å²) in [5.74, 6) is 0. The Labute approximate surface area is 104 Å². The van der Waals surface area contributed by atoms with Gasteiger partial charge in [-0.2, -0.15) is 0 Å². The van der Waals surface area contributed by atoms with Crippen molar-refractivity contribution in [2.24, 2.45) is 5.41 Å². The van der Waals surface area contributed by atoms with Crippen molar-refractivity contribution in [1.82, 2.24) is 5.32 Å². The normalized spacial score (nSPS) is 22.6. The van der Waals surface area contributed by atoms with Crippen LogP contribution in [0.25, 0.3) is 0 Å². The molecule has 0 aliphatic carbocycles. The lowest BCUT2D eigenvalue weighted by Gasteiger charge is -2.49. The zero-order valence-electron chi connectivity index (χ0n) is 10.9. The van der Waals surface area contributed by atoms with E-state index < -0.39 is 0 Å². The van der Waals surface area contributed by atoms with E-state index in [1.54, 1.807) is 0 Å². The van der Waals surface area contributed by atoms with Gasteiger partial charge in [0.15, 0.2) is 0 Å². The molecule has 3 rings (SSSR count). The van der Waals surface area contributed by atoms with Crippen LogP contribution in [0.1, 0.15) is 24.0 Å². The van der Waals surface area contributed by atoms with Crippen LogP contribution in [0.15, 0.2) is 18.2 Å². The molecule has 1 aromatic rings. The zero-order chi connectivity index (χ0) is 11.9. The Hall–Kier alpha value is -1.02. The van der Waals surface area contributed by atoms with Gasteiger partial charge in [0.05, 0.1) is 0 Å². The summed E-state index contributed by atoms with van der Waals surface area (Å²) in [6.45, 7) is 9.35. The molecule has 0 radical (unpaired) electrons. The van der Waals surface area contributed by atoms with Gasteiger partial charge in [0.1, 0.15) is 0 Å². The van der Waals surface area contributed by atoms with E-state index in [1.807, 2.05) is 0 Å². The number of anilines is 1. The number of hydrogen-bond donors (Lipinski definition) is 1. The van der Waals surface area contributed by atoms with Crippen molar-refractivity contribution in [1.29, 1.82) is 0 Å². The number of nitrogens with one attached hydrogen (secondary N) is 1.